The maximum absolute atomic E-state index is 13.9. The van der Waals surface area contributed by atoms with Crippen molar-refractivity contribution in [2.75, 3.05) is 70.3 Å². The molecule has 18 heteroatoms. The molecule has 0 fully saturated rings. The summed E-state index contributed by atoms with van der Waals surface area (Å²) < 4.78 is 28.6. The normalized spacial score (nSPS) is 10.8. The molecular weight excluding hydrogens is 937 g/mol. The van der Waals surface area contributed by atoms with Gasteiger partial charge in [0.2, 0.25) is 11.8 Å². The molecule has 0 saturated heterocycles. The van der Waals surface area contributed by atoms with E-state index in [0.29, 0.717) is 82.0 Å². The quantitative estimate of drug-likeness (QED) is 0.0240. The predicted octanol–water partition coefficient (Wildman–Crippen LogP) is 8.62. The summed E-state index contributed by atoms with van der Waals surface area (Å²) in [5.41, 5.74) is 0.989. The number of carbonyl (C=O) groups excluding carboxylic acids is 7. The summed E-state index contributed by atoms with van der Waals surface area (Å²) in [7, 11) is 1.34. The Labute approximate surface area is 431 Å². The van der Waals surface area contributed by atoms with E-state index in [9.17, 15) is 33.6 Å². The topological polar surface area (TPSA) is 238 Å². The molecule has 0 bridgehead atoms. The Kier molecular flexibility index (Phi) is 27.9. The minimum absolute atomic E-state index is 0.0438. The molecule has 0 radical (unpaired) electrons. The molecule has 0 aliphatic rings. The molecule has 0 atom stereocenters. The number of nitrogens with one attached hydrogen (secondary N) is 6. The Hall–Kier alpha value is -6.85. The van der Waals surface area contributed by atoms with Crippen LogP contribution in [-0.4, -0.2) is 101 Å². The van der Waals surface area contributed by atoms with Crippen LogP contribution >= 0.6 is 0 Å². The molecule has 0 saturated carbocycles. The second-order valence-electron chi connectivity index (χ2n) is 18.5. The van der Waals surface area contributed by atoms with Crippen LogP contribution in [0, 0.1) is 11.8 Å². The molecular formula is C55H80N6O12. The maximum Gasteiger partial charge on any atom is 0.305 e. The van der Waals surface area contributed by atoms with Gasteiger partial charge in [-0.3, -0.25) is 33.6 Å². The van der Waals surface area contributed by atoms with Gasteiger partial charge < -0.3 is 55.6 Å². The largest absolute Gasteiger partial charge is 0.493 e. The van der Waals surface area contributed by atoms with E-state index in [0.717, 1.165) is 38.5 Å². The fourth-order valence-electron chi connectivity index (χ4n) is 6.88. The standard InChI is InChI=1S/C55H80N6O12/c1-9-12-15-18-25-56-52(65)41-29-39(21-23-45(41)72-35-37(4)5)60-49(62)33-58-54(67)43-31-44(48(71-28-14-11-3)32-47(43)70-27-13-10-2)55(68)59-34-50(63)61-40-22-24-46(73-36-38(6)7)42(30-40)53(66)57-26-19-16-17-20-51(64)69-8/h21-24,29-32,37-38H,9-20,25-28,33-36H2,1-8H3,(H,56,65)(H,57,66)(H,58,67)(H,59,68)(H,60,62)(H,61,63). The van der Waals surface area contributed by atoms with E-state index in [2.05, 4.69) is 43.6 Å². The van der Waals surface area contributed by atoms with E-state index in [1.54, 1.807) is 24.3 Å². The van der Waals surface area contributed by atoms with Crippen LogP contribution in [0.5, 0.6) is 23.0 Å². The highest BCUT2D eigenvalue weighted by Gasteiger charge is 2.24. The van der Waals surface area contributed by atoms with Crippen molar-refractivity contribution in [1.29, 1.82) is 0 Å². The lowest BCUT2D eigenvalue weighted by molar-refractivity contribution is -0.140. The maximum atomic E-state index is 13.9. The molecule has 6 N–H and O–H groups in total. The lowest BCUT2D eigenvalue weighted by Crippen LogP contribution is -2.34. The van der Waals surface area contributed by atoms with Gasteiger partial charge in [-0.2, -0.15) is 0 Å². The van der Waals surface area contributed by atoms with E-state index < -0.39 is 42.6 Å². The number of hydrogen-bond acceptors (Lipinski definition) is 12. The van der Waals surface area contributed by atoms with Crippen LogP contribution in [0.25, 0.3) is 0 Å². The first-order valence-electron chi connectivity index (χ1n) is 25.9. The van der Waals surface area contributed by atoms with Crippen molar-refractivity contribution < 1.29 is 57.2 Å². The Balaban J connectivity index is 1.80. The molecule has 0 aliphatic heterocycles. The average Bonchev–Trinajstić information content (AvgIpc) is 3.37. The number of unbranched alkanes of at least 4 members (excludes halogenated alkanes) is 7. The molecule has 0 heterocycles. The van der Waals surface area contributed by atoms with Crippen LogP contribution in [0.1, 0.15) is 167 Å². The number of rotatable bonds is 35. The average molecular weight is 1020 g/mol. The summed E-state index contributed by atoms with van der Waals surface area (Å²) in [6, 6.07) is 12.2. The molecule has 3 rings (SSSR count). The first-order valence-corrected chi connectivity index (χ1v) is 25.9. The van der Waals surface area contributed by atoms with Gasteiger partial charge in [-0.1, -0.05) is 87.0 Å². The SMILES string of the molecule is CCCCCCNC(=O)c1cc(NC(=O)CNC(=O)c2cc(C(=O)NCC(=O)Nc3ccc(OCC(C)C)c(C(=O)NCCCCCC(=O)OC)c3)c(OCCCC)cc2OCCCC)ccc1OCC(C)C. The Bertz CT molecular complexity index is 2270. The number of hydrogen-bond donors (Lipinski definition) is 6. The van der Waals surface area contributed by atoms with Crippen LogP contribution in [0.2, 0.25) is 0 Å². The number of methoxy groups -OCH3 is 1. The van der Waals surface area contributed by atoms with Gasteiger partial charge in [0.05, 0.1) is 68.9 Å². The van der Waals surface area contributed by atoms with E-state index in [1.165, 1.54) is 31.4 Å². The third kappa shape index (κ3) is 22.6. The number of esters is 1. The Morgan fingerprint density at radius 2 is 0.863 bits per heavy atom. The second-order valence-corrected chi connectivity index (χ2v) is 18.5. The Morgan fingerprint density at radius 3 is 1.27 bits per heavy atom. The number of amides is 6. The van der Waals surface area contributed by atoms with Gasteiger partial charge in [-0.05, 0) is 86.4 Å². The van der Waals surface area contributed by atoms with Gasteiger partial charge in [-0.15, -0.1) is 0 Å². The fraction of sp³-hybridized carbons (Fsp3) is 0.545. The van der Waals surface area contributed by atoms with Gasteiger partial charge in [0.15, 0.2) is 0 Å². The minimum Gasteiger partial charge on any atom is -0.493 e. The van der Waals surface area contributed by atoms with Crippen LogP contribution < -0.4 is 50.8 Å². The van der Waals surface area contributed by atoms with E-state index >= 15 is 0 Å². The first-order chi connectivity index (χ1) is 35.1. The minimum atomic E-state index is -0.723. The summed E-state index contributed by atoms with van der Waals surface area (Å²) >= 11 is 0. The highest BCUT2D eigenvalue weighted by Crippen LogP contribution is 2.31. The predicted molar refractivity (Wildman–Crippen MR) is 282 cm³/mol. The third-order valence-electron chi connectivity index (χ3n) is 10.9. The lowest BCUT2D eigenvalue weighted by atomic mass is 10.1. The Morgan fingerprint density at radius 1 is 0.452 bits per heavy atom. The number of carbonyl (C=O) groups is 7. The molecule has 3 aromatic rings. The number of benzene rings is 3. The zero-order chi connectivity index (χ0) is 53.5. The van der Waals surface area contributed by atoms with Gasteiger partial charge in [-0.25, -0.2) is 0 Å². The van der Waals surface area contributed by atoms with Gasteiger partial charge in [0, 0.05) is 37.0 Å². The van der Waals surface area contributed by atoms with Gasteiger partial charge >= 0.3 is 5.97 Å². The highest BCUT2D eigenvalue weighted by atomic mass is 16.5. The number of anilines is 2. The van der Waals surface area contributed by atoms with E-state index in [-0.39, 0.29) is 76.4 Å². The first kappa shape index (κ1) is 60.5. The van der Waals surface area contributed by atoms with Crippen molar-refractivity contribution >= 4 is 52.8 Å². The summed E-state index contributed by atoms with van der Waals surface area (Å²) in [5.74, 6) is -2.27. The summed E-state index contributed by atoms with van der Waals surface area (Å²) in [4.78, 5) is 92.6. The van der Waals surface area contributed by atoms with Crippen molar-refractivity contribution in [1.82, 2.24) is 21.3 Å². The van der Waals surface area contributed by atoms with Gasteiger partial charge in [0.1, 0.15) is 23.0 Å². The lowest BCUT2D eigenvalue weighted by Gasteiger charge is -2.18. The molecule has 18 nitrogen and oxygen atoms in total. The monoisotopic (exact) mass is 1020 g/mol. The van der Waals surface area contributed by atoms with Crippen LogP contribution in [0.3, 0.4) is 0 Å². The van der Waals surface area contributed by atoms with Crippen LogP contribution in [-0.2, 0) is 19.1 Å². The van der Waals surface area contributed by atoms with Crippen molar-refractivity contribution in [3.8, 4) is 23.0 Å². The molecule has 73 heavy (non-hydrogen) atoms. The summed E-state index contributed by atoms with van der Waals surface area (Å²) in [6.07, 6.45) is 9.21. The third-order valence-corrected chi connectivity index (χ3v) is 10.9. The fourth-order valence-corrected chi connectivity index (χ4v) is 6.88. The van der Waals surface area contributed by atoms with E-state index in [4.69, 9.17) is 18.9 Å². The molecule has 3 aromatic carbocycles. The number of ether oxygens (including phenoxy) is 5. The van der Waals surface area contributed by atoms with Gasteiger partial charge in [0.25, 0.3) is 23.6 Å². The van der Waals surface area contributed by atoms with Crippen molar-refractivity contribution in [2.45, 2.75) is 126 Å². The highest BCUT2D eigenvalue weighted by molar-refractivity contribution is 6.06. The van der Waals surface area contributed by atoms with Crippen molar-refractivity contribution in [3.63, 3.8) is 0 Å². The van der Waals surface area contributed by atoms with Crippen molar-refractivity contribution in [3.05, 3.63) is 70.8 Å². The smallest absolute Gasteiger partial charge is 0.305 e. The summed E-state index contributed by atoms with van der Waals surface area (Å²) in [6.45, 7) is 15.2. The molecule has 6 amide bonds. The molecule has 0 aliphatic carbocycles. The summed E-state index contributed by atoms with van der Waals surface area (Å²) in [5, 5.41) is 16.5. The zero-order valence-corrected chi connectivity index (χ0v) is 44.3. The molecule has 402 valence electrons. The second kappa shape index (κ2) is 33.7. The van der Waals surface area contributed by atoms with E-state index in [1.807, 2.05) is 41.5 Å². The molecule has 0 aromatic heterocycles. The zero-order valence-electron chi connectivity index (χ0n) is 44.3. The van der Waals surface area contributed by atoms with Crippen LogP contribution in [0.4, 0.5) is 11.4 Å². The molecule has 0 spiro atoms. The van der Waals surface area contributed by atoms with Crippen LogP contribution in [0.15, 0.2) is 48.5 Å². The van der Waals surface area contributed by atoms with Crippen molar-refractivity contribution in [2.24, 2.45) is 11.8 Å². The molecule has 0 unspecified atom stereocenters.